The van der Waals surface area contributed by atoms with Gasteiger partial charge >= 0.3 is 0 Å². The van der Waals surface area contributed by atoms with Gasteiger partial charge in [-0.3, -0.25) is 0 Å². The average Bonchev–Trinajstić information content (AvgIpc) is 2.47. The van der Waals surface area contributed by atoms with Crippen molar-refractivity contribution in [2.24, 2.45) is 5.73 Å². The van der Waals surface area contributed by atoms with E-state index in [1.54, 1.807) is 23.9 Å². The van der Waals surface area contributed by atoms with Crippen molar-refractivity contribution in [3.05, 3.63) is 64.9 Å². The molecule has 0 saturated carbocycles. The van der Waals surface area contributed by atoms with Gasteiger partial charge in [-0.25, -0.2) is 4.39 Å². The van der Waals surface area contributed by atoms with Crippen molar-refractivity contribution in [2.75, 3.05) is 0 Å². The van der Waals surface area contributed by atoms with E-state index in [4.69, 9.17) is 17.3 Å². The fourth-order valence-corrected chi connectivity index (χ4v) is 3.30. The monoisotopic (exact) mass is 309 g/mol. The molecule has 2 N–H and O–H groups in total. The van der Waals surface area contributed by atoms with Crippen molar-refractivity contribution >= 4 is 23.4 Å². The lowest BCUT2D eigenvalue weighted by Crippen LogP contribution is -2.25. The summed E-state index contributed by atoms with van der Waals surface area (Å²) in [5.74, 6) is -0.225. The third kappa shape index (κ3) is 3.98. The molecule has 106 valence electrons. The number of hydrogen-bond donors (Lipinski definition) is 1. The Balaban J connectivity index is 2.23. The summed E-state index contributed by atoms with van der Waals surface area (Å²) in [6.45, 7) is 2.07. The summed E-state index contributed by atoms with van der Waals surface area (Å²) >= 11 is 7.58. The lowest BCUT2D eigenvalue weighted by Gasteiger charge is -2.23. The lowest BCUT2D eigenvalue weighted by atomic mass is 10.0. The molecule has 0 aromatic heterocycles. The highest BCUT2D eigenvalue weighted by Crippen LogP contribution is 2.38. The van der Waals surface area contributed by atoms with Gasteiger partial charge in [0.25, 0.3) is 0 Å². The second kappa shape index (κ2) is 7.11. The molecule has 0 aliphatic rings. The number of halogens is 2. The molecule has 0 spiro atoms. The first-order valence-corrected chi connectivity index (χ1v) is 7.79. The molecule has 1 nitrogen and oxygen atoms in total. The lowest BCUT2D eigenvalue weighted by molar-refractivity contribution is 0.625. The van der Waals surface area contributed by atoms with Crippen LogP contribution in [0.25, 0.3) is 0 Å². The normalized spacial score (nSPS) is 14.0. The molecule has 2 aromatic carbocycles. The van der Waals surface area contributed by atoms with E-state index >= 15 is 0 Å². The van der Waals surface area contributed by atoms with Gasteiger partial charge in [0, 0.05) is 21.2 Å². The molecular formula is C16H17ClFNS. The van der Waals surface area contributed by atoms with E-state index in [1.165, 1.54) is 12.1 Å². The number of hydrogen-bond acceptors (Lipinski definition) is 2. The molecule has 0 heterocycles. The van der Waals surface area contributed by atoms with E-state index in [-0.39, 0.29) is 17.1 Å². The maximum absolute atomic E-state index is 13.0. The zero-order chi connectivity index (χ0) is 14.5. The van der Waals surface area contributed by atoms with Gasteiger partial charge in [-0.15, -0.1) is 11.8 Å². The highest BCUT2D eigenvalue weighted by Gasteiger charge is 2.19. The predicted molar refractivity (Wildman–Crippen MR) is 84.7 cm³/mol. The minimum absolute atomic E-state index is 0.0335. The van der Waals surface area contributed by atoms with E-state index < -0.39 is 0 Å². The van der Waals surface area contributed by atoms with Crippen LogP contribution in [0.4, 0.5) is 4.39 Å². The Bertz CT molecular complexity index is 541. The van der Waals surface area contributed by atoms with Crippen molar-refractivity contribution in [2.45, 2.75) is 29.5 Å². The minimum Gasteiger partial charge on any atom is -0.326 e. The van der Waals surface area contributed by atoms with Gasteiger partial charge in [0.1, 0.15) is 5.82 Å². The first-order valence-electron chi connectivity index (χ1n) is 6.53. The maximum atomic E-state index is 13.0. The van der Waals surface area contributed by atoms with Crippen LogP contribution < -0.4 is 5.73 Å². The molecule has 0 saturated heterocycles. The summed E-state index contributed by atoms with van der Waals surface area (Å²) < 4.78 is 13.0. The van der Waals surface area contributed by atoms with Gasteiger partial charge in [-0.2, -0.15) is 0 Å². The molecule has 0 aliphatic carbocycles. The number of nitrogens with two attached hydrogens (primary N) is 1. The summed E-state index contributed by atoms with van der Waals surface area (Å²) in [5, 5.41) is 0.840. The van der Waals surface area contributed by atoms with E-state index in [9.17, 15) is 4.39 Å². The standard InChI is InChI=1S/C16H17ClFNS/c1-2-15(19)16(11-3-5-12(17)6-4-11)20-14-9-7-13(18)8-10-14/h3-10,15-16H,2,19H2,1H3. The first-order chi connectivity index (χ1) is 9.60. The minimum atomic E-state index is -0.225. The van der Waals surface area contributed by atoms with Crippen molar-refractivity contribution in [1.82, 2.24) is 0 Å². The van der Waals surface area contributed by atoms with Gasteiger partial charge in [0.2, 0.25) is 0 Å². The second-order valence-corrected chi connectivity index (χ2v) is 6.27. The van der Waals surface area contributed by atoms with Crippen LogP contribution in [0, 0.1) is 5.82 Å². The Hall–Kier alpha value is -1.03. The summed E-state index contributed by atoms with van der Waals surface area (Å²) in [6.07, 6.45) is 0.876. The van der Waals surface area contributed by atoms with Gasteiger partial charge in [-0.1, -0.05) is 30.7 Å². The highest BCUT2D eigenvalue weighted by molar-refractivity contribution is 7.99. The molecule has 0 amide bonds. The average molecular weight is 310 g/mol. The van der Waals surface area contributed by atoms with Gasteiger partial charge in [-0.05, 0) is 48.4 Å². The van der Waals surface area contributed by atoms with Crippen molar-refractivity contribution in [3.8, 4) is 0 Å². The van der Waals surface area contributed by atoms with Crippen molar-refractivity contribution in [1.29, 1.82) is 0 Å². The molecule has 2 aromatic rings. The predicted octanol–water partition coefficient (Wildman–Crippen LogP) is 5.05. The molecule has 0 aliphatic heterocycles. The smallest absolute Gasteiger partial charge is 0.123 e. The van der Waals surface area contributed by atoms with E-state index in [0.717, 1.165) is 16.9 Å². The van der Waals surface area contributed by atoms with Gasteiger partial charge in [0.15, 0.2) is 0 Å². The topological polar surface area (TPSA) is 26.0 Å². The van der Waals surface area contributed by atoms with E-state index in [0.29, 0.717) is 5.02 Å². The summed E-state index contributed by atoms with van der Waals surface area (Å²) in [4.78, 5) is 1.01. The molecule has 0 radical (unpaired) electrons. The second-order valence-electron chi connectivity index (χ2n) is 4.62. The Morgan fingerprint density at radius 1 is 1.10 bits per heavy atom. The molecule has 2 unspecified atom stereocenters. The van der Waals surface area contributed by atoms with Crippen molar-refractivity contribution in [3.63, 3.8) is 0 Å². The molecule has 0 fully saturated rings. The molecule has 2 rings (SSSR count). The van der Waals surface area contributed by atoms with Gasteiger partial charge in [0.05, 0.1) is 0 Å². The number of benzene rings is 2. The van der Waals surface area contributed by atoms with Crippen molar-refractivity contribution < 1.29 is 4.39 Å². The summed E-state index contributed by atoms with van der Waals surface area (Å²) in [5.41, 5.74) is 7.37. The Morgan fingerprint density at radius 2 is 1.70 bits per heavy atom. The molecular weight excluding hydrogens is 293 g/mol. The summed E-state index contributed by atoms with van der Waals surface area (Å²) in [7, 11) is 0. The SMILES string of the molecule is CCC(N)C(Sc1ccc(F)cc1)c1ccc(Cl)cc1. The third-order valence-corrected chi connectivity index (χ3v) is 4.81. The fourth-order valence-electron chi connectivity index (χ4n) is 1.93. The molecule has 4 heteroatoms. The van der Waals surface area contributed by atoms with Crippen LogP contribution in [0.5, 0.6) is 0 Å². The largest absolute Gasteiger partial charge is 0.326 e. The fraction of sp³-hybridized carbons (Fsp3) is 0.250. The Kier molecular flexibility index (Phi) is 5.46. The van der Waals surface area contributed by atoms with Crippen LogP contribution in [-0.2, 0) is 0 Å². The van der Waals surface area contributed by atoms with Crippen LogP contribution in [0.15, 0.2) is 53.4 Å². The van der Waals surface area contributed by atoms with Crippen LogP contribution in [0.3, 0.4) is 0 Å². The van der Waals surface area contributed by atoms with E-state index in [2.05, 4.69) is 6.92 Å². The van der Waals surface area contributed by atoms with Crippen LogP contribution in [0.1, 0.15) is 24.2 Å². The van der Waals surface area contributed by atoms with Gasteiger partial charge < -0.3 is 5.73 Å². The number of thioether (sulfide) groups is 1. The zero-order valence-corrected chi connectivity index (χ0v) is 12.8. The number of rotatable bonds is 5. The first kappa shape index (κ1) is 15.4. The van der Waals surface area contributed by atoms with E-state index in [1.807, 2.05) is 24.3 Å². The third-order valence-electron chi connectivity index (χ3n) is 3.14. The molecule has 20 heavy (non-hydrogen) atoms. The van der Waals surface area contributed by atoms with Crippen LogP contribution >= 0.6 is 23.4 Å². The van der Waals surface area contributed by atoms with Crippen LogP contribution in [0.2, 0.25) is 5.02 Å². The Morgan fingerprint density at radius 3 is 2.25 bits per heavy atom. The highest BCUT2D eigenvalue weighted by atomic mass is 35.5. The molecule has 2 atom stereocenters. The summed E-state index contributed by atoms with van der Waals surface area (Å²) in [6, 6.07) is 14.3. The van der Waals surface area contributed by atoms with Crippen LogP contribution in [-0.4, -0.2) is 6.04 Å². The zero-order valence-electron chi connectivity index (χ0n) is 11.2. The molecule has 0 bridgehead atoms. The quantitative estimate of drug-likeness (QED) is 0.782. The Labute approximate surface area is 128 Å². The maximum Gasteiger partial charge on any atom is 0.123 e.